The third-order valence-electron chi connectivity index (χ3n) is 4.88. The summed E-state index contributed by atoms with van der Waals surface area (Å²) in [6.07, 6.45) is 3.01. The van der Waals surface area contributed by atoms with E-state index in [9.17, 15) is 4.79 Å². The first kappa shape index (κ1) is 14.4. The average Bonchev–Trinajstić information content (AvgIpc) is 2.93. The van der Waals surface area contributed by atoms with E-state index >= 15 is 0 Å². The highest BCUT2D eigenvalue weighted by atomic mass is 16.6. The van der Waals surface area contributed by atoms with E-state index in [1.165, 1.54) is 11.1 Å². The maximum Gasteiger partial charge on any atom is 0.410 e. The van der Waals surface area contributed by atoms with E-state index in [0.29, 0.717) is 6.04 Å². The maximum absolute atomic E-state index is 12.0. The number of hydrogen-bond donors (Lipinski definition) is 0. The van der Waals surface area contributed by atoms with Gasteiger partial charge >= 0.3 is 6.09 Å². The second kappa shape index (κ2) is 5.04. The van der Waals surface area contributed by atoms with Gasteiger partial charge in [-0.05, 0) is 42.7 Å². The van der Waals surface area contributed by atoms with Crippen LogP contribution in [-0.4, -0.2) is 29.2 Å². The van der Waals surface area contributed by atoms with Gasteiger partial charge in [-0.15, -0.1) is 0 Å². The van der Waals surface area contributed by atoms with Crippen molar-refractivity contribution < 1.29 is 9.53 Å². The first-order chi connectivity index (χ1) is 9.86. The second-order valence-electron chi connectivity index (χ2n) is 7.45. The highest BCUT2D eigenvalue weighted by Crippen LogP contribution is 2.35. The molecule has 3 nitrogen and oxygen atoms in total. The number of benzene rings is 1. The van der Waals surface area contributed by atoms with Crippen LogP contribution in [0, 0.1) is 0 Å². The molecule has 0 aliphatic carbocycles. The minimum Gasteiger partial charge on any atom is -0.444 e. The number of rotatable bonds is 2. The summed E-state index contributed by atoms with van der Waals surface area (Å²) in [7, 11) is 0. The van der Waals surface area contributed by atoms with Crippen molar-refractivity contribution in [2.75, 3.05) is 0 Å². The topological polar surface area (TPSA) is 29.5 Å². The van der Waals surface area contributed by atoms with Crippen molar-refractivity contribution in [3.63, 3.8) is 0 Å². The third kappa shape index (κ3) is 2.66. The van der Waals surface area contributed by atoms with E-state index in [4.69, 9.17) is 4.74 Å². The molecular weight excluding hydrogens is 262 g/mol. The molecule has 2 saturated heterocycles. The summed E-state index contributed by atoms with van der Waals surface area (Å²) < 4.78 is 5.35. The Morgan fingerprint density at radius 3 is 2.48 bits per heavy atom. The van der Waals surface area contributed by atoms with Gasteiger partial charge < -0.3 is 4.74 Å². The summed E-state index contributed by atoms with van der Waals surface area (Å²) in [5.74, 6) is 0. The quantitative estimate of drug-likeness (QED) is 0.825. The van der Waals surface area contributed by atoms with Crippen molar-refractivity contribution in [1.29, 1.82) is 0 Å². The smallest absolute Gasteiger partial charge is 0.410 e. The molecule has 0 aromatic heterocycles. The van der Waals surface area contributed by atoms with Crippen molar-refractivity contribution in [1.82, 2.24) is 4.90 Å². The Morgan fingerprint density at radius 1 is 1.19 bits per heavy atom. The summed E-state index contributed by atoms with van der Waals surface area (Å²) in [6.45, 7) is 8.69. The standard InChI is InChI=1S/C18H25NO2/c1-12-16-10-9-15(19(16)17(20)21-12)11-13-5-7-14(8-6-13)18(2,3)4/h5-8,12,15-16H,9-11H2,1-4H3/t12-,15-,16-/m1/s1. The fourth-order valence-electron chi connectivity index (χ4n) is 3.57. The Balaban J connectivity index is 1.71. The molecule has 2 fully saturated rings. The number of hydrogen-bond acceptors (Lipinski definition) is 2. The summed E-state index contributed by atoms with van der Waals surface area (Å²) in [4.78, 5) is 13.9. The monoisotopic (exact) mass is 287 g/mol. The van der Waals surface area contributed by atoms with Gasteiger partial charge in [0.05, 0.1) is 6.04 Å². The van der Waals surface area contributed by atoms with Gasteiger partial charge in [-0.25, -0.2) is 4.79 Å². The van der Waals surface area contributed by atoms with Gasteiger partial charge in [0.15, 0.2) is 0 Å². The Kier molecular flexibility index (Phi) is 3.46. The van der Waals surface area contributed by atoms with Crippen LogP contribution >= 0.6 is 0 Å². The summed E-state index contributed by atoms with van der Waals surface area (Å²) in [6, 6.07) is 9.43. The predicted molar refractivity (Wildman–Crippen MR) is 83.4 cm³/mol. The van der Waals surface area contributed by atoms with Crippen LogP contribution in [0.3, 0.4) is 0 Å². The first-order valence-corrected chi connectivity index (χ1v) is 7.94. The number of fused-ring (bicyclic) bond motifs is 1. The molecule has 0 bridgehead atoms. The van der Waals surface area contributed by atoms with Crippen molar-refractivity contribution in [3.8, 4) is 0 Å². The molecule has 3 rings (SSSR count). The number of carbonyl (C=O) groups is 1. The van der Waals surface area contributed by atoms with Gasteiger partial charge in [-0.2, -0.15) is 0 Å². The lowest BCUT2D eigenvalue weighted by molar-refractivity contribution is 0.130. The molecule has 0 saturated carbocycles. The van der Waals surface area contributed by atoms with Crippen LogP contribution in [0.1, 0.15) is 51.7 Å². The van der Waals surface area contributed by atoms with E-state index in [2.05, 4.69) is 45.0 Å². The first-order valence-electron chi connectivity index (χ1n) is 7.94. The zero-order chi connectivity index (χ0) is 15.2. The Morgan fingerprint density at radius 2 is 1.86 bits per heavy atom. The van der Waals surface area contributed by atoms with E-state index in [-0.39, 0.29) is 23.7 Å². The van der Waals surface area contributed by atoms with Gasteiger partial charge in [-0.1, -0.05) is 45.0 Å². The lowest BCUT2D eigenvalue weighted by atomic mass is 9.86. The van der Waals surface area contributed by atoms with Crippen LogP contribution in [0.5, 0.6) is 0 Å². The predicted octanol–water partition coefficient (Wildman–Crippen LogP) is 3.90. The van der Waals surface area contributed by atoms with Crippen LogP contribution in [0.4, 0.5) is 4.79 Å². The fourth-order valence-corrected chi connectivity index (χ4v) is 3.57. The van der Waals surface area contributed by atoms with Crippen LogP contribution < -0.4 is 0 Å². The molecule has 21 heavy (non-hydrogen) atoms. The lowest BCUT2D eigenvalue weighted by Crippen LogP contribution is -2.37. The molecule has 0 N–H and O–H groups in total. The van der Waals surface area contributed by atoms with E-state index in [1.807, 2.05) is 11.8 Å². The summed E-state index contributed by atoms with van der Waals surface area (Å²) in [5, 5.41) is 0. The summed E-state index contributed by atoms with van der Waals surface area (Å²) in [5.41, 5.74) is 2.84. The molecule has 0 spiro atoms. The lowest BCUT2D eigenvalue weighted by Gasteiger charge is -2.23. The molecule has 0 radical (unpaired) electrons. The number of amides is 1. The Bertz CT molecular complexity index is 529. The average molecular weight is 287 g/mol. The third-order valence-corrected chi connectivity index (χ3v) is 4.88. The molecule has 1 amide bonds. The van der Waals surface area contributed by atoms with Crippen LogP contribution in [0.2, 0.25) is 0 Å². The van der Waals surface area contributed by atoms with Crippen LogP contribution in [0.15, 0.2) is 24.3 Å². The molecular formula is C18H25NO2. The van der Waals surface area contributed by atoms with E-state index in [1.54, 1.807) is 0 Å². The van der Waals surface area contributed by atoms with Gasteiger partial charge in [0.1, 0.15) is 6.10 Å². The normalized spacial score (nSPS) is 28.7. The van der Waals surface area contributed by atoms with Crippen molar-refractivity contribution >= 4 is 6.09 Å². The zero-order valence-corrected chi connectivity index (χ0v) is 13.4. The second-order valence-corrected chi connectivity index (χ2v) is 7.45. The number of nitrogens with zero attached hydrogens (tertiary/aromatic N) is 1. The van der Waals surface area contributed by atoms with Gasteiger partial charge in [0.25, 0.3) is 0 Å². The largest absolute Gasteiger partial charge is 0.444 e. The molecule has 3 atom stereocenters. The SMILES string of the molecule is C[C@H]1OC(=O)N2[C@@H](Cc3ccc(C(C)(C)C)cc3)CC[C@H]12. The van der Waals surface area contributed by atoms with Gasteiger partial charge in [-0.3, -0.25) is 4.90 Å². The van der Waals surface area contributed by atoms with Crippen molar-refractivity contribution in [2.24, 2.45) is 0 Å². The molecule has 114 valence electrons. The van der Waals surface area contributed by atoms with E-state index in [0.717, 1.165) is 19.3 Å². The highest BCUT2D eigenvalue weighted by Gasteiger charge is 2.47. The molecule has 3 heteroatoms. The van der Waals surface area contributed by atoms with Gasteiger partial charge in [0.2, 0.25) is 0 Å². The van der Waals surface area contributed by atoms with Crippen molar-refractivity contribution in [3.05, 3.63) is 35.4 Å². The highest BCUT2D eigenvalue weighted by molar-refractivity contribution is 5.71. The zero-order valence-electron chi connectivity index (χ0n) is 13.4. The maximum atomic E-state index is 12.0. The molecule has 2 aliphatic rings. The van der Waals surface area contributed by atoms with Crippen LogP contribution in [0.25, 0.3) is 0 Å². The van der Waals surface area contributed by atoms with Crippen LogP contribution in [-0.2, 0) is 16.6 Å². The molecule has 1 aromatic rings. The Hall–Kier alpha value is -1.51. The minimum atomic E-state index is -0.124. The number of cyclic esters (lactones) is 1. The minimum absolute atomic E-state index is 0.0470. The Labute approximate surface area is 127 Å². The molecule has 2 aliphatic heterocycles. The number of carbonyl (C=O) groups excluding carboxylic acids is 1. The summed E-state index contributed by atoms with van der Waals surface area (Å²) >= 11 is 0. The molecule has 2 heterocycles. The van der Waals surface area contributed by atoms with E-state index < -0.39 is 0 Å². The molecule has 1 aromatic carbocycles. The fraction of sp³-hybridized carbons (Fsp3) is 0.611. The van der Waals surface area contributed by atoms with Gasteiger partial charge in [0, 0.05) is 6.04 Å². The molecule has 0 unspecified atom stereocenters. The van der Waals surface area contributed by atoms with Crippen molar-refractivity contribution in [2.45, 2.75) is 70.6 Å². The number of ether oxygens (including phenoxy) is 1.